The minimum atomic E-state index is -0.428. The number of aromatic nitrogens is 3. The van der Waals surface area contributed by atoms with E-state index >= 15 is 0 Å². The van der Waals surface area contributed by atoms with Crippen LogP contribution in [-0.4, -0.2) is 15.0 Å². The van der Waals surface area contributed by atoms with Gasteiger partial charge in [-0.05, 0) is 41.0 Å². The Hall–Kier alpha value is -6.85. The van der Waals surface area contributed by atoms with Gasteiger partial charge in [-0.2, -0.15) is 0 Å². The molecule has 234 valence electrons. The lowest BCUT2D eigenvalue weighted by Gasteiger charge is -2.10. The molecule has 0 amide bonds. The first-order valence-corrected chi connectivity index (χ1v) is 16.2. The second kappa shape index (κ2) is 11.4. The van der Waals surface area contributed by atoms with Crippen molar-refractivity contribution in [2.24, 2.45) is 0 Å². The monoisotopic (exact) mass is 646 g/mol. The van der Waals surface area contributed by atoms with Gasteiger partial charge in [0.1, 0.15) is 22.3 Å². The van der Waals surface area contributed by atoms with Gasteiger partial charge in [0.2, 0.25) is 0 Å². The Morgan fingerprint density at radius 2 is 1.04 bits per heavy atom. The van der Waals surface area contributed by atoms with Crippen LogP contribution < -0.4 is 0 Å². The molecule has 10 aromatic rings. The molecular weight excluding hydrogens is 615 g/mol. The van der Waals surface area contributed by atoms with Crippen molar-refractivity contribution < 1.29 is 15.7 Å². The third-order valence-electron chi connectivity index (χ3n) is 9.05. The zero-order valence-corrected chi connectivity index (χ0v) is 26.4. The van der Waals surface area contributed by atoms with E-state index in [4.69, 9.17) is 30.6 Å². The quantitative estimate of drug-likeness (QED) is 0.186. The summed E-state index contributed by atoms with van der Waals surface area (Å²) < 4.78 is 53.9. The molecule has 3 heterocycles. The maximum Gasteiger partial charge on any atom is 0.164 e. The standard InChI is InChI=1S/C45H27N3O2/c1-3-11-28(12-4-1)29-21-23-31(24-22-29)44-46-43(30-13-5-2-6-14-30)47-45(48-44)37-18-10-20-39-41(37)36-26-25-32(27-40(36)49-39)33-16-9-17-35-34-15-7-8-19-38(34)50-42(33)35/h1-27H/i1D,3D,4D,11D,12D. The zero-order valence-electron chi connectivity index (χ0n) is 31.4. The second-order valence-electron chi connectivity index (χ2n) is 12.0. The molecule has 7 aromatic carbocycles. The van der Waals surface area contributed by atoms with E-state index in [1.54, 1.807) is 24.3 Å². The van der Waals surface area contributed by atoms with E-state index < -0.39 is 6.04 Å². The zero-order chi connectivity index (χ0) is 37.4. The molecule has 0 bridgehead atoms. The van der Waals surface area contributed by atoms with Gasteiger partial charge in [-0.1, -0.05) is 139 Å². The van der Waals surface area contributed by atoms with Gasteiger partial charge >= 0.3 is 0 Å². The van der Waals surface area contributed by atoms with Crippen molar-refractivity contribution in [3.8, 4) is 56.4 Å². The van der Waals surface area contributed by atoms with Gasteiger partial charge in [0.25, 0.3) is 0 Å². The predicted molar refractivity (Wildman–Crippen MR) is 202 cm³/mol. The summed E-state index contributed by atoms with van der Waals surface area (Å²) >= 11 is 0. The molecule has 0 spiro atoms. The van der Waals surface area contributed by atoms with E-state index in [0.29, 0.717) is 39.8 Å². The number of hydrogen-bond acceptors (Lipinski definition) is 5. The van der Waals surface area contributed by atoms with Crippen LogP contribution in [-0.2, 0) is 0 Å². The Morgan fingerprint density at radius 1 is 0.400 bits per heavy atom. The van der Waals surface area contributed by atoms with E-state index in [-0.39, 0.29) is 29.7 Å². The number of benzene rings is 7. The first kappa shape index (κ1) is 23.5. The van der Waals surface area contributed by atoms with Crippen molar-refractivity contribution in [3.63, 3.8) is 0 Å². The first-order valence-electron chi connectivity index (χ1n) is 18.7. The van der Waals surface area contributed by atoms with Gasteiger partial charge in [0.15, 0.2) is 17.5 Å². The highest BCUT2D eigenvalue weighted by Crippen LogP contribution is 2.40. The normalized spacial score (nSPS) is 13.0. The number of fused-ring (bicyclic) bond motifs is 6. The van der Waals surface area contributed by atoms with Crippen molar-refractivity contribution in [3.05, 3.63) is 164 Å². The molecule has 5 heteroatoms. The third-order valence-corrected chi connectivity index (χ3v) is 9.05. The smallest absolute Gasteiger partial charge is 0.164 e. The van der Waals surface area contributed by atoms with Crippen molar-refractivity contribution >= 4 is 43.9 Å². The summed E-state index contributed by atoms with van der Waals surface area (Å²) in [5.74, 6) is 1.37. The molecule has 0 fully saturated rings. The molecular formula is C45H27N3O2. The fourth-order valence-electron chi connectivity index (χ4n) is 6.68. The molecule has 0 saturated heterocycles. The molecule has 0 N–H and O–H groups in total. The van der Waals surface area contributed by atoms with Gasteiger partial charge in [0, 0.05) is 43.8 Å². The Kier molecular flexibility index (Phi) is 5.35. The molecule has 0 aliphatic rings. The highest BCUT2D eigenvalue weighted by molar-refractivity contribution is 6.14. The molecule has 5 nitrogen and oxygen atoms in total. The Balaban J connectivity index is 1.11. The molecule has 0 atom stereocenters. The van der Waals surface area contributed by atoms with Crippen LogP contribution in [0.2, 0.25) is 0 Å². The summed E-state index contributed by atoms with van der Waals surface area (Å²) in [6, 6.07) is 41.3. The van der Waals surface area contributed by atoms with Crippen LogP contribution in [0.25, 0.3) is 100 Å². The maximum absolute atomic E-state index is 8.44. The largest absolute Gasteiger partial charge is 0.456 e. The highest BCUT2D eigenvalue weighted by Gasteiger charge is 2.19. The lowest BCUT2D eigenvalue weighted by Crippen LogP contribution is -2.00. The lowest BCUT2D eigenvalue weighted by atomic mass is 9.99. The number of para-hydroxylation sites is 2. The topological polar surface area (TPSA) is 65.0 Å². The van der Waals surface area contributed by atoms with E-state index in [2.05, 4.69) is 30.3 Å². The summed E-state index contributed by atoms with van der Waals surface area (Å²) in [5, 5.41) is 3.92. The van der Waals surface area contributed by atoms with E-state index in [1.165, 1.54) is 0 Å². The molecule has 10 rings (SSSR count). The van der Waals surface area contributed by atoms with Crippen LogP contribution >= 0.6 is 0 Å². The van der Waals surface area contributed by atoms with Gasteiger partial charge in [-0.15, -0.1) is 0 Å². The average molecular weight is 647 g/mol. The third kappa shape index (κ3) is 4.67. The maximum atomic E-state index is 8.44. The summed E-state index contributed by atoms with van der Waals surface area (Å²) in [6.45, 7) is 0. The van der Waals surface area contributed by atoms with Crippen LogP contribution in [0.5, 0.6) is 0 Å². The van der Waals surface area contributed by atoms with Crippen molar-refractivity contribution in [1.82, 2.24) is 15.0 Å². The number of hydrogen-bond donors (Lipinski definition) is 0. The van der Waals surface area contributed by atoms with Crippen LogP contribution in [0.3, 0.4) is 0 Å². The van der Waals surface area contributed by atoms with Crippen molar-refractivity contribution in [2.75, 3.05) is 0 Å². The molecule has 0 radical (unpaired) electrons. The second-order valence-corrected chi connectivity index (χ2v) is 12.0. The summed E-state index contributed by atoms with van der Waals surface area (Å²) in [7, 11) is 0. The molecule has 0 aliphatic heterocycles. The van der Waals surface area contributed by atoms with Crippen molar-refractivity contribution in [2.45, 2.75) is 0 Å². The molecule has 50 heavy (non-hydrogen) atoms. The van der Waals surface area contributed by atoms with Gasteiger partial charge < -0.3 is 8.83 Å². The minimum absolute atomic E-state index is 0.134. The van der Waals surface area contributed by atoms with E-state index in [1.807, 2.05) is 78.9 Å². The van der Waals surface area contributed by atoms with Crippen LogP contribution in [0, 0.1) is 0 Å². The number of rotatable bonds is 5. The van der Waals surface area contributed by atoms with Crippen LogP contribution in [0.1, 0.15) is 6.85 Å². The number of furan rings is 2. The first-order chi connectivity index (χ1) is 26.8. The van der Waals surface area contributed by atoms with Crippen LogP contribution in [0.4, 0.5) is 0 Å². The van der Waals surface area contributed by atoms with E-state index in [9.17, 15) is 0 Å². The Bertz CT molecular complexity index is 3130. The molecule has 0 aliphatic carbocycles. The fraction of sp³-hybridized carbons (Fsp3) is 0. The van der Waals surface area contributed by atoms with Crippen LogP contribution in [0.15, 0.2) is 173 Å². The number of nitrogens with zero attached hydrogens (tertiary/aromatic N) is 3. The van der Waals surface area contributed by atoms with Gasteiger partial charge in [-0.25, -0.2) is 15.0 Å². The summed E-state index contributed by atoms with van der Waals surface area (Å²) in [4.78, 5) is 14.9. The Morgan fingerprint density at radius 3 is 1.88 bits per heavy atom. The fourth-order valence-corrected chi connectivity index (χ4v) is 6.68. The van der Waals surface area contributed by atoms with E-state index in [0.717, 1.165) is 55.0 Å². The minimum Gasteiger partial charge on any atom is -0.456 e. The molecule has 0 unspecified atom stereocenters. The SMILES string of the molecule is [2H]c1c([2H])c([2H])c(-c2ccc(-c3nc(-c4ccccc4)nc(-c4cccc5oc6cc(-c7cccc8c7oc7ccccc78)ccc6c45)n3)cc2)c([2H])c1[2H]. The van der Waals surface area contributed by atoms with Crippen molar-refractivity contribution in [1.29, 1.82) is 0 Å². The molecule has 0 saturated carbocycles. The highest BCUT2D eigenvalue weighted by atomic mass is 16.3. The summed E-state index contributed by atoms with van der Waals surface area (Å²) in [5.41, 5.74) is 7.91. The summed E-state index contributed by atoms with van der Waals surface area (Å²) in [6.07, 6.45) is 0. The average Bonchev–Trinajstić information content (AvgIpc) is 3.81. The lowest BCUT2D eigenvalue weighted by molar-refractivity contribution is 0.668. The predicted octanol–water partition coefficient (Wildman–Crippen LogP) is 12.0. The van der Waals surface area contributed by atoms with Gasteiger partial charge in [-0.3, -0.25) is 0 Å². The Labute approximate surface area is 294 Å². The van der Waals surface area contributed by atoms with Gasteiger partial charge in [0.05, 0.1) is 6.85 Å². The molecule has 3 aromatic heterocycles.